The smallest absolute Gasteiger partial charge is 0.115 e. The zero-order chi connectivity index (χ0) is 26.7. The molecule has 35 heavy (non-hydrogen) atoms. The lowest BCUT2D eigenvalue weighted by atomic mass is 9.58. The number of phenols is 2. The van der Waals surface area contributed by atoms with Crippen LogP contribution in [0.25, 0.3) is 0 Å². The molecule has 1 aliphatic rings. The first-order chi connectivity index (χ1) is 17.2. The van der Waals surface area contributed by atoms with Crippen LogP contribution in [0, 0.1) is 5.92 Å². The van der Waals surface area contributed by atoms with Crippen LogP contribution in [-0.2, 0) is 5.41 Å². The maximum absolute atomic E-state index is 9.88. The molecule has 0 bridgehead atoms. The Morgan fingerprint density at radius 3 is 1.20 bits per heavy atom. The van der Waals surface area contributed by atoms with E-state index in [0.717, 1.165) is 0 Å². The molecular formula is C33H50O2. The fraction of sp³-hybridized carbons (Fsp3) is 0.455. The highest BCUT2D eigenvalue weighted by Gasteiger charge is 2.43. The van der Waals surface area contributed by atoms with Crippen LogP contribution in [0.3, 0.4) is 0 Å². The summed E-state index contributed by atoms with van der Waals surface area (Å²) in [5.41, 5.74) is 3.38. The molecule has 2 heteroatoms. The molecule has 0 radical (unpaired) electrons. The summed E-state index contributed by atoms with van der Waals surface area (Å²) in [6.07, 6.45) is 6.14. The molecule has 0 spiro atoms. The predicted molar refractivity (Wildman–Crippen MR) is 155 cm³/mol. The molecule has 0 aromatic heterocycles. The molecule has 1 fully saturated rings. The molecule has 1 aliphatic carbocycles. The minimum Gasteiger partial charge on any atom is -0.508 e. The van der Waals surface area contributed by atoms with Gasteiger partial charge in [0.15, 0.2) is 0 Å². The first kappa shape index (κ1) is 32.3. The van der Waals surface area contributed by atoms with E-state index in [1.807, 2.05) is 55.4 Å². The van der Waals surface area contributed by atoms with Crippen molar-refractivity contribution >= 4 is 0 Å². The van der Waals surface area contributed by atoms with E-state index in [0.29, 0.717) is 5.92 Å². The van der Waals surface area contributed by atoms with Crippen molar-refractivity contribution in [1.29, 1.82) is 0 Å². The van der Waals surface area contributed by atoms with Crippen molar-refractivity contribution in [3.05, 3.63) is 95.6 Å². The Morgan fingerprint density at radius 2 is 0.829 bits per heavy atom. The molecule has 1 saturated carbocycles. The second-order valence-electron chi connectivity index (χ2n) is 7.60. The third kappa shape index (κ3) is 8.16. The Labute approximate surface area is 216 Å². The zero-order valence-corrected chi connectivity index (χ0v) is 23.5. The fourth-order valence-corrected chi connectivity index (χ4v) is 4.89. The standard InChI is InChI=1S/C25H26O2.4C2H6/c26-23-15-11-21(12-16-23)25(19-7-3-1-4-8-19,20-9-5-2-6-10-20)22-13-17-24(27)18-14-22;4*1-2/h1,3-4,7-8,11-18,20,26-27H,2,5-6,9-10H2;4*1-2H3. The largest absolute Gasteiger partial charge is 0.508 e. The van der Waals surface area contributed by atoms with Crippen molar-refractivity contribution in [2.75, 3.05) is 0 Å². The summed E-state index contributed by atoms with van der Waals surface area (Å²) < 4.78 is 0. The van der Waals surface area contributed by atoms with Crippen molar-refractivity contribution < 1.29 is 10.2 Å². The minimum atomic E-state index is -0.289. The number of aromatic hydroxyl groups is 2. The molecule has 0 aliphatic heterocycles. The second kappa shape index (κ2) is 18.6. The van der Waals surface area contributed by atoms with Gasteiger partial charge in [-0.15, -0.1) is 0 Å². The highest BCUT2D eigenvalue weighted by Crippen LogP contribution is 2.50. The first-order valence-corrected chi connectivity index (χ1v) is 13.9. The average molecular weight is 479 g/mol. The predicted octanol–water partition coefficient (Wildman–Crippen LogP) is 10.1. The Balaban J connectivity index is 0.00000132. The van der Waals surface area contributed by atoms with Crippen LogP contribution < -0.4 is 0 Å². The monoisotopic (exact) mass is 478 g/mol. The molecule has 3 aromatic rings. The summed E-state index contributed by atoms with van der Waals surface area (Å²) in [7, 11) is 0. The van der Waals surface area contributed by atoms with Crippen molar-refractivity contribution in [1.82, 2.24) is 0 Å². The summed E-state index contributed by atoms with van der Waals surface area (Å²) in [5.74, 6) is 1.05. The van der Waals surface area contributed by atoms with E-state index in [4.69, 9.17) is 0 Å². The molecule has 2 nitrogen and oxygen atoms in total. The van der Waals surface area contributed by atoms with Gasteiger partial charge in [-0.2, -0.15) is 0 Å². The molecule has 0 saturated heterocycles. The van der Waals surface area contributed by atoms with E-state index < -0.39 is 0 Å². The number of hydrogen-bond donors (Lipinski definition) is 2. The van der Waals surface area contributed by atoms with Gasteiger partial charge < -0.3 is 10.2 Å². The summed E-state index contributed by atoms with van der Waals surface area (Å²) in [6.45, 7) is 16.0. The molecule has 2 N–H and O–H groups in total. The van der Waals surface area contributed by atoms with E-state index in [1.54, 1.807) is 24.3 Å². The van der Waals surface area contributed by atoms with Gasteiger partial charge in [0.1, 0.15) is 11.5 Å². The van der Waals surface area contributed by atoms with Gasteiger partial charge in [0, 0.05) is 5.41 Å². The van der Waals surface area contributed by atoms with Gasteiger partial charge in [-0.1, -0.05) is 129 Å². The summed E-state index contributed by atoms with van der Waals surface area (Å²) >= 11 is 0. The maximum Gasteiger partial charge on any atom is 0.115 e. The third-order valence-corrected chi connectivity index (χ3v) is 6.09. The van der Waals surface area contributed by atoms with E-state index in [-0.39, 0.29) is 16.9 Å². The molecule has 0 heterocycles. The van der Waals surface area contributed by atoms with Gasteiger partial charge in [0.05, 0.1) is 0 Å². The molecule has 4 rings (SSSR count). The van der Waals surface area contributed by atoms with Gasteiger partial charge in [-0.25, -0.2) is 0 Å². The zero-order valence-electron chi connectivity index (χ0n) is 23.5. The van der Waals surface area contributed by atoms with Crippen LogP contribution in [0.15, 0.2) is 78.9 Å². The molecule has 194 valence electrons. The van der Waals surface area contributed by atoms with Gasteiger partial charge in [-0.05, 0) is 59.7 Å². The van der Waals surface area contributed by atoms with Crippen LogP contribution >= 0.6 is 0 Å². The van der Waals surface area contributed by atoms with Gasteiger partial charge in [0.2, 0.25) is 0 Å². The number of benzene rings is 3. The van der Waals surface area contributed by atoms with Crippen molar-refractivity contribution in [2.24, 2.45) is 5.92 Å². The van der Waals surface area contributed by atoms with Crippen molar-refractivity contribution in [3.8, 4) is 11.5 Å². The fourth-order valence-electron chi connectivity index (χ4n) is 4.89. The first-order valence-electron chi connectivity index (χ1n) is 13.9. The highest BCUT2D eigenvalue weighted by molar-refractivity contribution is 5.53. The SMILES string of the molecule is CC.CC.CC.CC.Oc1ccc(C(c2ccccc2)(c2ccc(O)cc2)C2CCCCC2)cc1. The van der Waals surface area contributed by atoms with Crippen LogP contribution in [0.1, 0.15) is 104 Å². The lowest BCUT2D eigenvalue weighted by Gasteiger charge is -2.44. The van der Waals surface area contributed by atoms with Gasteiger partial charge in [0.25, 0.3) is 0 Å². The number of rotatable bonds is 4. The lowest BCUT2D eigenvalue weighted by Crippen LogP contribution is -2.39. The highest BCUT2D eigenvalue weighted by atomic mass is 16.3. The quantitative estimate of drug-likeness (QED) is 0.366. The van der Waals surface area contributed by atoms with E-state index >= 15 is 0 Å². The minimum absolute atomic E-state index is 0.287. The van der Waals surface area contributed by atoms with Crippen LogP contribution in [-0.4, -0.2) is 10.2 Å². The molecule has 0 unspecified atom stereocenters. The summed E-state index contributed by atoms with van der Waals surface area (Å²) in [5, 5.41) is 19.8. The Morgan fingerprint density at radius 1 is 0.486 bits per heavy atom. The average Bonchev–Trinajstić information content (AvgIpc) is 2.96. The van der Waals surface area contributed by atoms with Crippen molar-refractivity contribution in [2.45, 2.75) is 92.9 Å². The topological polar surface area (TPSA) is 40.5 Å². The summed E-state index contributed by atoms with van der Waals surface area (Å²) in [6, 6.07) is 26.1. The van der Waals surface area contributed by atoms with Crippen molar-refractivity contribution in [3.63, 3.8) is 0 Å². The number of hydrogen-bond acceptors (Lipinski definition) is 2. The molecule has 0 amide bonds. The van der Waals surface area contributed by atoms with E-state index in [2.05, 4.69) is 54.6 Å². The van der Waals surface area contributed by atoms with E-state index in [1.165, 1.54) is 48.8 Å². The normalized spacial score (nSPS) is 12.7. The van der Waals surface area contributed by atoms with E-state index in [9.17, 15) is 10.2 Å². The molecule has 0 atom stereocenters. The molecule has 3 aromatic carbocycles. The third-order valence-electron chi connectivity index (χ3n) is 6.09. The summed E-state index contributed by atoms with van der Waals surface area (Å²) in [4.78, 5) is 0. The Hall–Kier alpha value is -2.74. The number of phenolic OH excluding ortho intramolecular Hbond substituents is 2. The maximum atomic E-state index is 9.88. The van der Waals surface area contributed by atoms with Crippen LogP contribution in [0.5, 0.6) is 11.5 Å². The second-order valence-corrected chi connectivity index (χ2v) is 7.60. The Bertz CT molecular complexity index is 816. The molecular weight excluding hydrogens is 428 g/mol. The van der Waals surface area contributed by atoms with Gasteiger partial charge in [-0.3, -0.25) is 0 Å². The van der Waals surface area contributed by atoms with Gasteiger partial charge >= 0.3 is 0 Å². The Kier molecular flexibility index (Phi) is 17.1. The lowest BCUT2D eigenvalue weighted by molar-refractivity contribution is 0.271. The van der Waals surface area contributed by atoms with Crippen LogP contribution in [0.2, 0.25) is 0 Å². The van der Waals surface area contributed by atoms with Crippen LogP contribution in [0.4, 0.5) is 0 Å².